The maximum atomic E-state index is 10.4. The molecule has 178 valence electrons. The van der Waals surface area contributed by atoms with Crippen molar-refractivity contribution in [3.05, 3.63) is 11.8 Å². The van der Waals surface area contributed by atoms with Crippen LogP contribution in [-0.2, 0) is 47.7 Å². The van der Waals surface area contributed by atoms with Crippen molar-refractivity contribution in [2.75, 3.05) is 6.61 Å². The second-order valence-corrected chi connectivity index (χ2v) is 17.9. The molecule has 0 aromatic heterocycles. The van der Waals surface area contributed by atoms with E-state index < -0.39 is 41.4 Å². The molecule has 0 spiro atoms. The molecule has 1 fully saturated rings. The van der Waals surface area contributed by atoms with Crippen LogP contribution in [0.5, 0.6) is 0 Å². The van der Waals surface area contributed by atoms with Crippen LogP contribution in [0.2, 0.25) is 32.2 Å². The molecule has 4 unspecified atom stereocenters. The Bertz CT molecular complexity index is 505. The van der Waals surface area contributed by atoms with E-state index in [1.165, 1.54) is 26.4 Å². The van der Waals surface area contributed by atoms with Crippen molar-refractivity contribution in [1.29, 1.82) is 0 Å². The van der Waals surface area contributed by atoms with E-state index in [9.17, 15) is 14.4 Å². The molecule has 0 aliphatic carbocycles. The molecule has 9 nitrogen and oxygen atoms in total. The van der Waals surface area contributed by atoms with Gasteiger partial charge in [0.15, 0.2) is 0 Å². The normalized spacial score (nSPS) is 31.4. The fraction of sp³-hybridized carbons (Fsp3) is 0.812. The summed E-state index contributed by atoms with van der Waals surface area (Å²) in [5.74, 6) is -0.536. The second kappa shape index (κ2) is 16.9. The summed E-state index contributed by atoms with van der Waals surface area (Å²) in [4.78, 5) is 30.5. The van der Waals surface area contributed by atoms with Gasteiger partial charge in [0.25, 0.3) is 0 Å². The Morgan fingerprint density at radius 2 is 1.53 bits per heavy atom. The number of aliphatic hydroxyl groups excluding tert-OH is 1. The molecule has 0 aromatic rings. The SMILES string of the molecule is CCC.CCC[Si]1(C)O[SiH](C)O[Si](C)(O)O[Si](C)(O)O1.CCOC(=O)C=C(C)O.[Ti]. The number of carbonyl (C=O) groups excluding carboxylic acids is 1. The van der Waals surface area contributed by atoms with Crippen LogP contribution < -0.4 is 0 Å². The zero-order valence-corrected chi connectivity index (χ0v) is 25.5. The summed E-state index contributed by atoms with van der Waals surface area (Å²) >= 11 is 0. The number of carbonyl (C=O) groups is 1. The zero-order valence-electron chi connectivity index (χ0n) is 19.8. The molecule has 0 amide bonds. The van der Waals surface area contributed by atoms with Crippen LogP contribution in [0.1, 0.15) is 47.5 Å². The largest absolute Gasteiger partial charge is 0.512 e. The Balaban J connectivity index is -0.000000476. The van der Waals surface area contributed by atoms with Gasteiger partial charge in [-0.3, -0.25) is 0 Å². The molecule has 1 saturated heterocycles. The number of hydrogen-bond donors (Lipinski definition) is 3. The van der Waals surface area contributed by atoms with Crippen LogP contribution in [0.4, 0.5) is 0 Å². The minimum atomic E-state index is -3.37. The Hall–Kier alpha value is 0.352. The molecule has 30 heavy (non-hydrogen) atoms. The summed E-state index contributed by atoms with van der Waals surface area (Å²) in [5.41, 5.74) is 0. The van der Waals surface area contributed by atoms with E-state index in [1.54, 1.807) is 6.92 Å². The third-order valence-corrected chi connectivity index (χ3v) is 17.0. The molecule has 1 rings (SSSR count). The van der Waals surface area contributed by atoms with E-state index in [0.717, 1.165) is 18.5 Å². The fourth-order valence-electron chi connectivity index (χ4n) is 2.42. The standard InChI is InChI=1S/C7H22O6Si4.C6H10O3.C3H8.Ti/c1-6-7-15(3)10-14(2)11-16(4,8)13-17(5,9)12-15;1-3-9-6(8)4-5(2)7;1-3-2;/h8-9,14H,6-7H2,1-5H3;4,7H,3H2,1-2H3;3H2,1-2H3;. The van der Waals surface area contributed by atoms with Gasteiger partial charge in [-0.05, 0) is 33.0 Å². The minimum Gasteiger partial charge on any atom is -0.512 e. The van der Waals surface area contributed by atoms with Crippen LogP contribution in [-0.4, -0.2) is 62.7 Å². The summed E-state index contributed by atoms with van der Waals surface area (Å²) in [5, 5.41) is 8.51. The molecule has 1 aliphatic heterocycles. The van der Waals surface area contributed by atoms with Gasteiger partial charge in [-0.25, -0.2) is 4.79 Å². The summed E-state index contributed by atoms with van der Waals surface area (Å²) < 4.78 is 26.9. The quantitative estimate of drug-likeness (QED) is 0.215. The maximum Gasteiger partial charge on any atom is 0.478 e. The molecule has 14 heteroatoms. The number of rotatable bonds is 4. The second-order valence-electron chi connectivity index (χ2n) is 6.93. The Labute approximate surface area is 201 Å². The summed E-state index contributed by atoms with van der Waals surface area (Å²) in [6.45, 7) is 16.5. The minimum absolute atomic E-state index is 0. The predicted molar refractivity (Wildman–Crippen MR) is 121 cm³/mol. The first-order valence-electron chi connectivity index (χ1n) is 9.90. The maximum absolute atomic E-state index is 10.4. The molecule has 0 saturated carbocycles. The summed E-state index contributed by atoms with van der Waals surface area (Å²) in [6, 6.07) is 0.782. The summed E-state index contributed by atoms with van der Waals surface area (Å²) in [6.07, 6.45) is 3.20. The Morgan fingerprint density at radius 3 is 1.93 bits per heavy atom. The van der Waals surface area contributed by atoms with Crippen LogP contribution in [0, 0.1) is 0 Å². The van der Waals surface area contributed by atoms with Crippen molar-refractivity contribution >= 4 is 41.4 Å². The van der Waals surface area contributed by atoms with Gasteiger partial charge in [0.05, 0.1) is 18.4 Å². The topological polar surface area (TPSA) is 124 Å². The van der Waals surface area contributed by atoms with Gasteiger partial charge >= 0.3 is 41.4 Å². The molecular weight excluding hydrogens is 496 g/mol. The molecule has 0 bridgehead atoms. The monoisotopic (exact) mass is 536 g/mol. The van der Waals surface area contributed by atoms with Crippen LogP contribution in [0.3, 0.4) is 0 Å². The zero-order chi connectivity index (χ0) is 23.3. The van der Waals surface area contributed by atoms with Gasteiger partial charge in [0.2, 0.25) is 0 Å². The van der Waals surface area contributed by atoms with Gasteiger partial charge in [-0.2, -0.15) is 0 Å². The Morgan fingerprint density at radius 1 is 1.03 bits per heavy atom. The van der Waals surface area contributed by atoms with Gasteiger partial charge in [-0.1, -0.05) is 33.6 Å². The van der Waals surface area contributed by atoms with Crippen molar-refractivity contribution in [2.45, 2.75) is 79.7 Å². The molecule has 4 atom stereocenters. The average molecular weight is 537 g/mol. The molecule has 0 aromatic carbocycles. The van der Waals surface area contributed by atoms with Crippen molar-refractivity contribution in [1.82, 2.24) is 0 Å². The smallest absolute Gasteiger partial charge is 0.478 e. The van der Waals surface area contributed by atoms with E-state index in [4.69, 9.17) is 21.6 Å². The predicted octanol–water partition coefficient (Wildman–Crippen LogP) is 2.95. The van der Waals surface area contributed by atoms with Crippen molar-refractivity contribution in [3.8, 4) is 0 Å². The first kappa shape index (κ1) is 35.0. The fourth-order valence-corrected chi connectivity index (χ4v) is 17.9. The molecule has 0 radical (unpaired) electrons. The first-order chi connectivity index (χ1) is 13.2. The van der Waals surface area contributed by atoms with E-state index in [2.05, 4.69) is 18.6 Å². The summed E-state index contributed by atoms with van der Waals surface area (Å²) in [7, 11) is -11.1. The van der Waals surface area contributed by atoms with Gasteiger partial charge < -0.3 is 35.9 Å². The van der Waals surface area contributed by atoms with E-state index in [0.29, 0.717) is 6.61 Å². The van der Waals surface area contributed by atoms with E-state index in [-0.39, 0.29) is 27.5 Å². The third-order valence-electron chi connectivity index (χ3n) is 2.90. The molecule has 1 heterocycles. The van der Waals surface area contributed by atoms with Crippen LogP contribution >= 0.6 is 0 Å². The number of allylic oxidation sites excluding steroid dienone is 1. The van der Waals surface area contributed by atoms with Crippen LogP contribution in [0.15, 0.2) is 11.8 Å². The molecule has 1 aliphatic rings. The third kappa shape index (κ3) is 19.1. The average Bonchev–Trinajstić information content (AvgIpc) is 2.43. The van der Waals surface area contributed by atoms with Crippen molar-refractivity contribution < 1.29 is 62.4 Å². The number of aliphatic hydroxyl groups is 1. The van der Waals surface area contributed by atoms with Gasteiger partial charge in [0.1, 0.15) is 0 Å². The molecular formula is C16H40O9Si4Ti. The number of ether oxygens (including phenoxy) is 1. The Kier molecular flexibility index (Phi) is 19.7. The van der Waals surface area contributed by atoms with E-state index in [1.807, 2.05) is 20.0 Å². The first-order valence-corrected chi connectivity index (χ1v) is 19.0. The van der Waals surface area contributed by atoms with Crippen LogP contribution in [0.25, 0.3) is 0 Å². The number of esters is 1. The van der Waals surface area contributed by atoms with Gasteiger partial charge in [0, 0.05) is 34.8 Å². The molecule has 3 N–H and O–H groups in total. The van der Waals surface area contributed by atoms with Gasteiger partial charge in [-0.15, -0.1) is 0 Å². The van der Waals surface area contributed by atoms with E-state index >= 15 is 0 Å². The van der Waals surface area contributed by atoms with Crippen molar-refractivity contribution in [2.24, 2.45) is 0 Å². The van der Waals surface area contributed by atoms with Crippen molar-refractivity contribution in [3.63, 3.8) is 0 Å². The number of hydrogen-bond acceptors (Lipinski definition) is 9.